The fourth-order valence-electron chi connectivity index (χ4n) is 3.04. The van der Waals surface area contributed by atoms with Crippen LogP contribution in [-0.4, -0.2) is 56.5 Å². The van der Waals surface area contributed by atoms with Crippen molar-refractivity contribution >= 4 is 28.4 Å². The number of H-pyrrole nitrogens is 1. The van der Waals surface area contributed by atoms with Crippen molar-refractivity contribution < 1.29 is 17.9 Å². The van der Waals surface area contributed by atoms with Crippen molar-refractivity contribution in [1.29, 1.82) is 0 Å². The second kappa shape index (κ2) is 8.33. The molecule has 1 aliphatic rings. The molecule has 138 valence electrons. The van der Waals surface area contributed by atoms with Gasteiger partial charge in [0.05, 0.1) is 6.61 Å². The first-order valence-electron chi connectivity index (χ1n) is 7.85. The standard InChI is InChI=1S/C15H25N3O4S.ClH/c1-5-22-15(19)13-10(2)14(11(3)17-13)23(20,21)18(4)12-6-8-16-9-7-12;/h12,16-17H,5-9H2,1-4H3;1H. The third kappa shape index (κ3) is 3.93. The normalized spacial score (nSPS) is 16.0. The number of aryl methyl sites for hydroxylation is 1. The summed E-state index contributed by atoms with van der Waals surface area (Å²) in [6.45, 7) is 6.88. The zero-order valence-electron chi connectivity index (χ0n) is 14.5. The van der Waals surface area contributed by atoms with Crippen LogP contribution in [0, 0.1) is 13.8 Å². The summed E-state index contributed by atoms with van der Waals surface area (Å²) < 4.78 is 32.4. The number of halogens is 1. The summed E-state index contributed by atoms with van der Waals surface area (Å²) in [5.41, 5.74) is 1.09. The van der Waals surface area contributed by atoms with E-state index < -0.39 is 16.0 Å². The molecule has 0 bridgehead atoms. The molecular formula is C15H26ClN3O4S. The Kier molecular flexibility index (Phi) is 7.27. The van der Waals surface area contributed by atoms with Crippen molar-refractivity contribution in [2.24, 2.45) is 0 Å². The number of aromatic nitrogens is 1. The number of hydrogen-bond donors (Lipinski definition) is 2. The highest BCUT2D eigenvalue weighted by Crippen LogP contribution is 2.28. The Hall–Kier alpha value is -1.09. The molecule has 0 radical (unpaired) electrons. The van der Waals surface area contributed by atoms with Crippen LogP contribution in [0.4, 0.5) is 0 Å². The van der Waals surface area contributed by atoms with Crippen LogP contribution in [0.5, 0.6) is 0 Å². The summed E-state index contributed by atoms with van der Waals surface area (Å²) in [6, 6.07) is -0.0269. The Labute approximate surface area is 149 Å². The van der Waals surface area contributed by atoms with Gasteiger partial charge in [-0.2, -0.15) is 4.31 Å². The van der Waals surface area contributed by atoms with Gasteiger partial charge in [-0.1, -0.05) is 0 Å². The van der Waals surface area contributed by atoms with Gasteiger partial charge in [0.1, 0.15) is 10.6 Å². The Bertz CT molecular complexity index is 681. The highest BCUT2D eigenvalue weighted by Gasteiger charge is 2.34. The van der Waals surface area contributed by atoms with E-state index >= 15 is 0 Å². The quantitative estimate of drug-likeness (QED) is 0.758. The molecule has 0 amide bonds. The molecular weight excluding hydrogens is 354 g/mol. The Morgan fingerprint density at radius 3 is 2.42 bits per heavy atom. The molecule has 9 heteroatoms. The summed E-state index contributed by atoms with van der Waals surface area (Å²) >= 11 is 0. The van der Waals surface area contributed by atoms with E-state index in [1.165, 1.54) is 4.31 Å². The highest BCUT2D eigenvalue weighted by atomic mass is 35.5. The van der Waals surface area contributed by atoms with Gasteiger partial charge in [0, 0.05) is 24.3 Å². The summed E-state index contributed by atoms with van der Waals surface area (Å²) in [4.78, 5) is 15.0. The van der Waals surface area contributed by atoms with Gasteiger partial charge in [-0.05, 0) is 46.7 Å². The van der Waals surface area contributed by atoms with Crippen molar-refractivity contribution in [1.82, 2.24) is 14.6 Å². The largest absolute Gasteiger partial charge is 0.461 e. The first-order valence-corrected chi connectivity index (χ1v) is 9.29. The lowest BCUT2D eigenvalue weighted by Crippen LogP contribution is -2.44. The number of ether oxygens (including phenoxy) is 1. The molecule has 0 atom stereocenters. The zero-order chi connectivity index (χ0) is 17.2. The number of aromatic amines is 1. The molecule has 1 aromatic rings. The van der Waals surface area contributed by atoms with Gasteiger partial charge in [0.15, 0.2) is 0 Å². The van der Waals surface area contributed by atoms with E-state index in [1.54, 1.807) is 27.8 Å². The molecule has 2 heterocycles. The first-order chi connectivity index (χ1) is 10.8. The van der Waals surface area contributed by atoms with Gasteiger partial charge in [-0.3, -0.25) is 0 Å². The molecule has 0 unspecified atom stereocenters. The van der Waals surface area contributed by atoms with Crippen LogP contribution < -0.4 is 5.32 Å². The van der Waals surface area contributed by atoms with E-state index in [4.69, 9.17) is 4.74 Å². The summed E-state index contributed by atoms with van der Waals surface area (Å²) in [5, 5.41) is 3.23. The minimum atomic E-state index is -3.66. The lowest BCUT2D eigenvalue weighted by atomic mass is 10.1. The average Bonchev–Trinajstić information content (AvgIpc) is 2.83. The summed E-state index contributed by atoms with van der Waals surface area (Å²) in [7, 11) is -2.05. The van der Waals surface area contributed by atoms with E-state index in [0.29, 0.717) is 11.3 Å². The number of piperidine rings is 1. The van der Waals surface area contributed by atoms with Gasteiger partial charge in [-0.15, -0.1) is 12.4 Å². The lowest BCUT2D eigenvalue weighted by molar-refractivity contribution is 0.0519. The zero-order valence-corrected chi connectivity index (χ0v) is 16.1. The molecule has 7 nitrogen and oxygen atoms in total. The van der Waals surface area contributed by atoms with Crippen LogP contribution in [0.15, 0.2) is 4.90 Å². The Morgan fingerprint density at radius 1 is 1.29 bits per heavy atom. The molecule has 0 aromatic carbocycles. The minimum absolute atomic E-state index is 0. The fraction of sp³-hybridized carbons (Fsp3) is 0.667. The van der Waals surface area contributed by atoms with E-state index in [2.05, 4.69) is 10.3 Å². The SMILES string of the molecule is CCOC(=O)c1[nH]c(C)c(S(=O)(=O)N(C)C2CCNCC2)c1C.Cl. The minimum Gasteiger partial charge on any atom is -0.461 e. The van der Waals surface area contributed by atoms with Crippen molar-refractivity contribution in [3.8, 4) is 0 Å². The number of nitrogens with zero attached hydrogens (tertiary/aromatic N) is 1. The predicted octanol–water partition coefficient (Wildman–Crippen LogP) is 1.60. The van der Waals surface area contributed by atoms with Crippen LogP contribution >= 0.6 is 12.4 Å². The first kappa shape index (κ1) is 21.0. The number of sulfonamides is 1. The second-order valence-corrected chi connectivity index (χ2v) is 7.74. The molecule has 2 N–H and O–H groups in total. The second-order valence-electron chi connectivity index (χ2n) is 5.80. The van der Waals surface area contributed by atoms with Crippen LogP contribution in [0.3, 0.4) is 0 Å². The van der Waals surface area contributed by atoms with Gasteiger partial charge in [0.25, 0.3) is 0 Å². The number of hydrogen-bond acceptors (Lipinski definition) is 5. The number of rotatable bonds is 5. The number of carbonyl (C=O) groups excluding carboxylic acids is 1. The molecule has 1 saturated heterocycles. The van der Waals surface area contributed by atoms with Gasteiger partial charge >= 0.3 is 5.97 Å². The van der Waals surface area contributed by atoms with Crippen LogP contribution in [-0.2, 0) is 14.8 Å². The average molecular weight is 380 g/mol. The molecule has 0 saturated carbocycles. The molecule has 0 aliphatic carbocycles. The van der Waals surface area contributed by atoms with Gasteiger partial charge in [-0.25, -0.2) is 13.2 Å². The molecule has 1 aliphatic heterocycles. The van der Waals surface area contributed by atoms with Crippen LogP contribution in [0.2, 0.25) is 0 Å². The van der Waals surface area contributed by atoms with E-state index in [1.807, 2.05) is 0 Å². The molecule has 2 rings (SSSR count). The maximum atomic E-state index is 13.0. The smallest absolute Gasteiger partial charge is 0.355 e. The molecule has 0 spiro atoms. The highest BCUT2D eigenvalue weighted by molar-refractivity contribution is 7.89. The van der Waals surface area contributed by atoms with Crippen molar-refractivity contribution in [2.75, 3.05) is 26.7 Å². The Balaban J connectivity index is 0.00000288. The fourth-order valence-corrected chi connectivity index (χ4v) is 4.86. The maximum Gasteiger partial charge on any atom is 0.355 e. The summed E-state index contributed by atoms with van der Waals surface area (Å²) in [5.74, 6) is -0.529. The number of carbonyl (C=O) groups is 1. The molecule has 24 heavy (non-hydrogen) atoms. The number of nitrogens with one attached hydrogen (secondary N) is 2. The predicted molar refractivity (Wildman–Crippen MR) is 94.3 cm³/mol. The van der Waals surface area contributed by atoms with E-state index in [0.717, 1.165) is 25.9 Å². The van der Waals surface area contributed by atoms with E-state index in [-0.39, 0.29) is 35.6 Å². The summed E-state index contributed by atoms with van der Waals surface area (Å²) in [6.07, 6.45) is 1.56. The van der Waals surface area contributed by atoms with E-state index in [9.17, 15) is 13.2 Å². The van der Waals surface area contributed by atoms with Gasteiger partial charge in [0.2, 0.25) is 10.0 Å². The Morgan fingerprint density at radius 2 is 1.88 bits per heavy atom. The van der Waals surface area contributed by atoms with Crippen molar-refractivity contribution in [2.45, 2.75) is 44.6 Å². The monoisotopic (exact) mass is 379 g/mol. The number of esters is 1. The topological polar surface area (TPSA) is 91.5 Å². The molecule has 1 fully saturated rings. The third-order valence-electron chi connectivity index (χ3n) is 4.31. The third-order valence-corrected chi connectivity index (χ3v) is 6.49. The van der Waals surface area contributed by atoms with Crippen molar-refractivity contribution in [3.63, 3.8) is 0 Å². The maximum absolute atomic E-state index is 13.0. The lowest BCUT2D eigenvalue weighted by Gasteiger charge is -2.31. The molecule has 1 aromatic heterocycles. The van der Waals surface area contributed by atoms with Gasteiger partial charge < -0.3 is 15.0 Å². The van der Waals surface area contributed by atoms with Crippen molar-refractivity contribution in [3.05, 3.63) is 17.0 Å². The van der Waals surface area contributed by atoms with Crippen LogP contribution in [0.25, 0.3) is 0 Å². The van der Waals surface area contributed by atoms with Crippen LogP contribution in [0.1, 0.15) is 41.5 Å².